The van der Waals surface area contributed by atoms with E-state index in [9.17, 15) is 13.2 Å². The van der Waals surface area contributed by atoms with Crippen molar-refractivity contribution in [2.45, 2.75) is 11.0 Å². The number of sulfonamides is 1. The summed E-state index contributed by atoms with van der Waals surface area (Å²) in [4.78, 5) is 15.5. The van der Waals surface area contributed by atoms with Crippen LogP contribution in [0.4, 0.5) is 0 Å². The number of methoxy groups -OCH3 is 1. The van der Waals surface area contributed by atoms with Crippen LogP contribution >= 0.6 is 0 Å². The van der Waals surface area contributed by atoms with Crippen LogP contribution in [0.5, 0.6) is 5.75 Å². The smallest absolute Gasteiger partial charge is 0.337 e. The molecule has 1 aromatic heterocycles. The summed E-state index contributed by atoms with van der Waals surface area (Å²) in [6, 6.07) is 9.19. The van der Waals surface area contributed by atoms with Crippen LogP contribution in [0.2, 0.25) is 0 Å². The van der Waals surface area contributed by atoms with Crippen molar-refractivity contribution in [2.24, 2.45) is 0 Å². The average molecular weight is 348 g/mol. The van der Waals surface area contributed by atoms with E-state index in [1.54, 1.807) is 24.5 Å². The van der Waals surface area contributed by atoms with Crippen LogP contribution in [-0.2, 0) is 14.8 Å². The highest BCUT2D eigenvalue weighted by atomic mass is 32.2. The molecule has 0 unspecified atom stereocenters. The highest BCUT2D eigenvalue weighted by Crippen LogP contribution is 2.24. The molecule has 3 rings (SSSR count). The largest absolute Gasteiger partial charge is 0.486 e. The minimum absolute atomic E-state index is 0.134. The summed E-state index contributed by atoms with van der Waals surface area (Å²) in [5.41, 5.74) is 0.304. The highest BCUT2D eigenvalue weighted by molar-refractivity contribution is 7.89. The van der Waals surface area contributed by atoms with E-state index in [4.69, 9.17) is 4.74 Å². The van der Waals surface area contributed by atoms with Crippen molar-refractivity contribution in [3.63, 3.8) is 0 Å². The first-order valence-corrected chi connectivity index (χ1v) is 8.70. The molecular formula is C16H16N2O5S. The molecule has 126 valence electrons. The van der Waals surface area contributed by atoms with Crippen LogP contribution in [-0.4, -0.2) is 50.0 Å². The summed E-state index contributed by atoms with van der Waals surface area (Å²) in [6.45, 7) is 0.548. The second kappa shape index (κ2) is 6.58. The maximum absolute atomic E-state index is 12.5. The maximum atomic E-state index is 12.5. The highest BCUT2D eigenvalue weighted by Gasteiger charge is 2.38. The molecule has 1 aromatic carbocycles. The Bertz CT molecular complexity index is 815. The zero-order valence-electron chi connectivity index (χ0n) is 13.0. The molecule has 0 atom stereocenters. The predicted octanol–water partition coefficient (Wildman–Crippen LogP) is 1.32. The SMILES string of the molecule is COC(=O)c1ccc(S(=O)(=O)N2CC(Oc3cccnc3)C2)cc1. The lowest BCUT2D eigenvalue weighted by Crippen LogP contribution is -2.55. The molecule has 0 spiro atoms. The van der Waals surface area contributed by atoms with Crippen molar-refractivity contribution >= 4 is 16.0 Å². The van der Waals surface area contributed by atoms with Gasteiger partial charge in [0, 0.05) is 6.20 Å². The third kappa shape index (κ3) is 3.24. The van der Waals surface area contributed by atoms with Gasteiger partial charge in [0.1, 0.15) is 11.9 Å². The Morgan fingerprint density at radius 3 is 2.50 bits per heavy atom. The van der Waals surface area contributed by atoms with Gasteiger partial charge in [-0.2, -0.15) is 4.31 Å². The fourth-order valence-electron chi connectivity index (χ4n) is 2.31. The molecular weight excluding hydrogens is 332 g/mol. The van der Waals surface area contributed by atoms with E-state index in [1.165, 1.54) is 35.7 Å². The topological polar surface area (TPSA) is 85.8 Å². The third-order valence-corrected chi connectivity index (χ3v) is 5.51. The normalized spacial score (nSPS) is 15.5. The molecule has 0 saturated carbocycles. The number of carbonyl (C=O) groups excluding carboxylic acids is 1. The van der Waals surface area contributed by atoms with Gasteiger partial charge in [-0.15, -0.1) is 0 Å². The van der Waals surface area contributed by atoms with Gasteiger partial charge in [-0.25, -0.2) is 13.2 Å². The van der Waals surface area contributed by atoms with Crippen molar-refractivity contribution in [3.05, 3.63) is 54.4 Å². The van der Waals surface area contributed by atoms with Crippen LogP contribution in [0.1, 0.15) is 10.4 Å². The molecule has 8 heteroatoms. The number of rotatable bonds is 5. The number of hydrogen-bond donors (Lipinski definition) is 0. The molecule has 1 aliphatic rings. The summed E-state index contributed by atoms with van der Waals surface area (Å²) >= 11 is 0. The summed E-state index contributed by atoms with van der Waals surface area (Å²) in [5, 5.41) is 0. The Labute approximate surface area is 139 Å². The fourth-order valence-corrected chi connectivity index (χ4v) is 3.81. The first-order chi connectivity index (χ1) is 11.5. The number of esters is 1. The standard InChI is InChI=1S/C16H16N2O5S/c1-22-16(19)12-4-6-15(7-5-12)24(20,21)18-10-14(11-18)23-13-3-2-8-17-9-13/h2-9,14H,10-11H2,1H3. The second-order valence-corrected chi connectivity index (χ2v) is 7.20. The number of pyridine rings is 1. The first-order valence-electron chi connectivity index (χ1n) is 7.26. The molecule has 7 nitrogen and oxygen atoms in total. The summed E-state index contributed by atoms with van der Waals surface area (Å²) in [5.74, 6) is 0.106. The maximum Gasteiger partial charge on any atom is 0.337 e. The predicted molar refractivity (Wildman–Crippen MR) is 85.2 cm³/mol. The van der Waals surface area contributed by atoms with E-state index in [1.807, 2.05) is 0 Å². The van der Waals surface area contributed by atoms with Gasteiger partial charge in [0.2, 0.25) is 10.0 Å². The molecule has 1 aliphatic heterocycles. The molecule has 0 aliphatic carbocycles. The number of hydrogen-bond acceptors (Lipinski definition) is 6. The van der Waals surface area contributed by atoms with Crippen LogP contribution in [0, 0.1) is 0 Å². The van der Waals surface area contributed by atoms with Gasteiger partial charge in [-0.05, 0) is 36.4 Å². The summed E-state index contributed by atoms with van der Waals surface area (Å²) in [7, 11) is -2.32. The molecule has 0 bridgehead atoms. The Morgan fingerprint density at radius 1 is 1.21 bits per heavy atom. The number of nitrogens with zero attached hydrogens (tertiary/aromatic N) is 2. The third-order valence-electron chi connectivity index (χ3n) is 3.66. The van der Waals surface area contributed by atoms with Gasteiger partial charge < -0.3 is 9.47 Å². The zero-order chi connectivity index (χ0) is 17.2. The van der Waals surface area contributed by atoms with Gasteiger partial charge in [0.25, 0.3) is 0 Å². The van der Waals surface area contributed by atoms with E-state index < -0.39 is 16.0 Å². The van der Waals surface area contributed by atoms with Gasteiger partial charge in [-0.3, -0.25) is 4.98 Å². The van der Waals surface area contributed by atoms with Gasteiger partial charge in [0.15, 0.2) is 0 Å². The molecule has 1 fully saturated rings. The van der Waals surface area contributed by atoms with Crippen molar-refractivity contribution < 1.29 is 22.7 Å². The Kier molecular flexibility index (Phi) is 4.50. The molecule has 0 N–H and O–H groups in total. The average Bonchev–Trinajstić information content (AvgIpc) is 2.58. The Balaban J connectivity index is 1.64. The Hall–Kier alpha value is -2.45. The fraction of sp³-hybridized carbons (Fsp3) is 0.250. The molecule has 24 heavy (non-hydrogen) atoms. The molecule has 2 aromatic rings. The molecule has 2 heterocycles. The minimum atomic E-state index is -3.59. The molecule has 0 radical (unpaired) electrons. The lowest BCUT2D eigenvalue weighted by atomic mass is 10.2. The molecule has 0 amide bonds. The summed E-state index contributed by atoms with van der Waals surface area (Å²) in [6.07, 6.45) is 3.03. The van der Waals surface area contributed by atoms with Gasteiger partial charge >= 0.3 is 5.97 Å². The lowest BCUT2D eigenvalue weighted by molar-refractivity contribution is 0.0600. The minimum Gasteiger partial charge on any atom is -0.486 e. The van der Waals surface area contributed by atoms with Crippen LogP contribution < -0.4 is 4.74 Å². The van der Waals surface area contributed by atoms with Crippen LogP contribution in [0.3, 0.4) is 0 Å². The Morgan fingerprint density at radius 2 is 1.92 bits per heavy atom. The van der Waals surface area contributed by atoms with E-state index in [-0.39, 0.29) is 24.1 Å². The van der Waals surface area contributed by atoms with E-state index in [0.29, 0.717) is 11.3 Å². The number of aromatic nitrogens is 1. The number of benzene rings is 1. The van der Waals surface area contributed by atoms with E-state index in [0.717, 1.165) is 0 Å². The van der Waals surface area contributed by atoms with Gasteiger partial charge in [-0.1, -0.05) is 0 Å². The monoisotopic (exact) mass is 348 g/mol. The summed E-state index contributed by atoms with van der Waals surface area (Å²) < 4.78 is 36.6. The van der Waals surface area contributed by atoms with Crippen molar-refractivity contribution in [2.75, 3.05) is 20.2 Å². The van der Waals surface area contributed by atoms with Crippen LogP contribution in [0.15, 0.2) is 53.7 Å². The van der Waals surface area contributed by atoms with Crippen LogP contribution in [0.25, 0.3) is 0 Å². The first kappa shape index (κ1) is 16.4. The van der Waals surface area contributed by atoms with Crippen molar-refractivity contribution in [1.29, 1.82) is 0 Å². The number of ether oxygens (including phenoxy) is 2. The van der Waals surface area contributed by atoms with E-state index >= 15 is 0 Å². The zero-order valence-corrected chi connectivity index (χ0v) is 13.8. The lowest BCUT2D eigenvalue weighted by Gasteiger charge is -2.37. The number of carbonyl (C=O) groups is 1. The quantitative estimate of drug-likeness (QED) is 0.758. The van der Waals surface area contributed by atoms with Gasteiger partial charge in [0.05, 0.1) is 36.9 Å². The van der Waals surface area contributed by atoms with E-state index in [2.05, 4.69) is 9.72 Å². The molecule has 1 saturated heterocycles. The van der Waals surface area contributed by atoms with Crippen molar-refractivity contribution in [1.82, 2.24) is 9.29 Å². The van der Waals surface area contributed by atoms with Crippen molar-refractivity contribution in [3.8, 4) is 5.75 Å². The second-order valence-electron chi connectivity index (χ2n) is 5.27.